The largest absolute Gasteiger partial charge is 0.396 e. The molecular formula is C26H26F2N4O3. The Labute approximate surface area is 201 Å². The van der Waals surface area contributed by atoms with Crippen molar-refractivity contribution in [3.63, 3.8) is 0 Å². The maximum absolute atomic E-state index is 13.8. The number of aromatic nitrogens is 2. The number of benzene rings is 1. The maximum Gasteiger partial charge on any atom is 0.248 e. The monoisotopic (exact) mass is 480 g/mol. The highest BCUT2D eigenvalue weighted by Gasteiger charge is 2.42. The minimum absolute atomic E-state index is 0.0992. The van der Waals surface area contributed by atoms with Gasteiger partial charge in [0.05, 0.1) is 17.9 Å². The highest BCUT2D eigenvalue weighted by atomic mass is 19.2. The number of piperidine rings is 1. The molecule has 1 saturated heterocycles. The molecule has 1 N–H and O–H groups in total. The number of nitrogens with one attached hydrogen (secondary N) is 1. The molecule has 7 nitrogen and oxygen atoms in total. The zero-order valence-electron chi connectivity index (χ0n) is 19.4. The van der Waals surface area contributed by atoms with Gasteiger partial charge in [-0.25, -0.2) is 8.78 Å². The second-order valence-corrected chi connectivity index (χ2v) is 8.83. The smallest absolute Gasteiger partial charge is 0.248 e. The lowest BCUT2D eigenvalue weighted by atomic mass is 9.84. The number of fused-ring (bicyclic) bond motifs is 2. The molecule has 0 atom stereocenters. The Hall–Kier alpha value is -3.43. The first-order valence-electron chi connectivity index (χ1n) is 11.7. The minimum atomic E-state index is -0.954. The molecule has 9 heteroatoms. The van der Waals surface area contributed by atoms with Crippen LogP contribution in [0.3, 0.4) is 0 Å². The van der Waals surface area contributed by atoms with Gasteiger partial charge < -0.3 is 14.6 Å². The second kappa shape index (κ2) is 9.67. The van der Waals surface area contributed by atoms with Gasteiger partial charge in [-0.3, -0.25) is 14.7 Å². The molecule has 2 aromatic heterocycles. The number of nitrogens with zero attached hydrogens (tertiary/aromatic N) is 3. The summed E-state index contributed by atoms with van der Waals surface area (Å²) in [5.41, 5.74) is 3.85. The summed E-state index contributed by atoms with van der Waals surface area (Å²) in [6.45, 7) is 5.04. The Morgan fingerprint density at radius 2 is 2.03 bits per heavy atom. The molecular weight excluding hydrogens is 454 g/mol. The standard InChI is InChI=1S/C26H26F2N4O3/c1-2-35-31-25(18-4-5-21(27)22(28)11-18)23-6-3-17(13-29-23)15-32-9-7-26(8-10-32)20-12-24(33)30-14-19(20)16-34-26/h3-6,11-14H,2,7-10,15-16H2,1H3,(H,30,33). The molecule has 5 rings (SSSR count). The van der Waals surface area contributed by atoms with E-state index in [0.717, 1.165) is 54.8 Å². The molecule has 0 radical (unpaired) electrons. The topological polar surface area (TPSA) is 79.8 Å². The number of hydrogen-bond acceptors (Lipinski definition) is 6. The fraction of sp³-hybridized carbons (Fsp3) is 0.346. The lowest BCUT2D eigenvalue weighted by molar-refractivity contribution is -0.0799. The van der Waals surface area contributed by atoms with Crippen LogP contribution >= 0.6 is 0 Å². The van der Waals surface area contributed by atoms with Crippen molar-refractivity contribution < 1.29 is 18.4 Å². The van der Waals surface area contributed by atoms with Crippen LogP contribution in [0.25, 0.3) is 0 Å². The Bertz CT molecular complexity index is 1300. The van der Waals surface area contributed by atoms with E-state index >= 15 is 0 Å². The van der Waals surface area contributed by atoms with Crippen molar-refractivity contribution in [2.75, 3.05) is 19.7 Å². The SMILES string of the molecule is CCON=C(c1ccc(F)c(F)c1)c1ccc(CN2CCC3(CC2)OCc2c[nH]c(=O)cc23)cn1. The maximum atomic E-state index is 13.8. The summed E-state index contributed by atoms with van der Waals surface area (Å²) in [5, 5.41) is 4.08. The lowest BCUT2D eigenvalue weighted by Crippen LogP contribution is -2.42. The molecule has 0 aliphatic carbocycles. The highest BCUT2D eigenvalue weighted by Crippen LogP contribution is 2.43. The van der Waals surface area contributed by atoms with E-state index in [1.54, 1.807) is 25.4 Å². The molecule has 1 aromatic carbocycles. The first-order valence-corrected chi connectivity index (χ1v) is 11.7. The molecule has 2 aliphatic rings. The Balaban J connectivity index is 1.27. The molecule has 0 bridgehead atoms. The van der Waals surface area contributed by atoms with E-state index in [9.17, 15) is 13.6 Å². The average Bonchev–Trinajstić information content (AvgIpc) is 3.21. The lowest BCUT2D eigenvalue weighted by Gasteiger charge is -2.39. The number of rotatable bonds is 6. The number of pyridine rings is 2. The normalized spacial score (nSPS) is 17.5. The van der Waals surface area contributed by atoms with Crippen molar-refractivity contribution >= 4 is 5.71 Å². The summed E-state index contributed by atoms with van der Waals surface area (Å²) < 4.78 is 33.3. The number of hydrogen-bond donors (Lipinski definition) is 1. The first kappa shape index (κ1) is 23.3. The van der Waals surface area contributed by atoms with E-state index in [2.05, 4.69) is 20.0 Å². The number of halogens is 2. The molecule has 182 valence electrons. The Morgan fingerprint density at radius 3 is 2.74 bits per heavy atom. The van der Waals surface area contributed by atoms with Gasteiger partial charge in [-0.2, -0.15) is 0 Å². The van der Waals surface area contributed by atoms with Crippen LogP contribution in [0.15, 0.2) is 58.7 Å². The predicted molar refractivity (Wildman–Crippen MR) is 126 cm³/mol. The number of aromatic amines is 1. The van der Waals surface area contributed by atoms with Crippen molar-refractivity contribution in [1.82, 2.24) is 14.9 Å². The molecule has 1 fully saturated rings. The van der Waals surface area contributed by atoms with Gasteiger partial charge in [0.2, 0.25) is 5.56 Å². The van der Waals surface area contributed by atoms with Gasteiger partial charge in [0, 0.05) is 49.2 Å². The predicted octanol–water partition coefficient (Wildman–Crippen LogP) is 3.86. The van der Waals surface area contributed by atoms with E-state index in [4.69, 9.17) is 9.57 Å². The van der Waals surface area contributed by atoms with E-state index in [1.165, 1.54) is 6.07 Å². The van der Waals surface area contributed by atoms with Crippen molar-refractivity contribution in [2.45, 2.75) is 38.5 Å². The summed E-state index contributed by atoms with van der Waals surface area (Å²) in [6, 6.07) is 9.04. The number of H-pyrrole nitrogens is 1. The van der Waals surface area contributed by atoms with E-state index in [-0.39, 0.29) is 11.2 Å². The summed E-state index contributed by atoms with van der Waals surface area (Å²) in [5.74, 6) is -1.88. The van der Waals surface area contributed by atoms with Gasteiger partial charge in [-0.05, 0) is 55.2 Å². The quantitative estimate of drug-likeness (QED) is 0.428. The Morgan fingerprint density at radius 1 is 1.20 bits per heavy atom. The van der Waals surface area contributed by atoms with Gasteiger partial charge in [0.15, 0.2) is 11.6 Å². The summed E-state index contributed by atoms with van der Waals surface area (Å²) in [6.07, 6.45) is 5.16. The third-order valence-electron chi connectivity index (χ3n) is 6.62. The average molecular weight is 481 g/mol. The fourth-order valence-electron chi connectivity index (χ4n) is 4.76. The summed E-state index contributed by atoms with van der Waals surface area (Å²) in [7, 11) is 0. The zero-order valence-corrected chi connectivity index (χ0v) is 19.4. The van der Waals surface area contributed by atoms with Crippen LogP contribution in [0, 0.1) is 11.6 Å². The van der Waals surface area contributed by atoms with Crippen molar-refractivity contribution in [3.8, 4) is 0 Å². The summed E-state index contributed by atoms with van der Waals surface area (Å²) in [4.78, 5) is 26.6. The number of likely N-dealkylation sites (tertiary alicyclic amines) is 1. The van der Waals surface area contributed by atoms with E-state index < -0.39 is 11.6 Å². The van der Waals surface area contributed by atoms with Crippen LogP contribution in [0.5, 0.6) is 0 Å². The van der Waals surface area contributed by atoms with Crippen LogP contribution in [0.4, 0.5) is 8.78 Å². The molecule has 4 heterocycles. The summed E-state index contributed by atoms with van der Waals surface area (Å²) >= 11 is 0. The molecule has 35 heavy (non-hydrogen) atoms. The van der Waals surface area contributed by atoms with Crippen LogP contribution in [0.1, 0.15) is 47.7 Å². The van der Waals surface area contributed by atoms with E-state index in [0.29, 0.717) is 36.7 Å². The van der Waals surface area contributed by atoms with Crippen LogP contribution in [0.2, 0.25) is 0 Å². The van der Waals surface area contributed by atoms with Crippen molar-refractivity contribution in [3.05, 3.63) is 98.7 Å². The highest BCUT2D eigenvalue weighted by molar-refractivity contribution is 6.11. The van der Waals surface area contributed by atoms with Crippen molar-refractivity contribution in [1.29, 1.82) is 0 Å². The molecule has 0 saturated carbocycles. The van der Waals surface area contributed by atoms with Gasteiger partial charge in [-0.15, -0.1) is 0 Å². The first-order chi connectivity index (χ1) is 17.0. The van der Waals surface area contributed by atoms with Crippen molar-refractivity contribution in [2.24, 2.45) is 5.16 Å². The molecule has 0 unspecified atom stereocenters. The van der Waals surface area contributed by atoms with Crippen LogP contribution in [-0.4, -0.2) is 40.3 Å². The van der Waals surface area contributed by atoms with Gasteiger partial charge >= 0.3 is 0 Å². The molecule has 2 aliphatic heterocycles. The molecule has 0 amide bonds. The fourth-order valence-corrected chi connectivity index (χ4v) is 4.76. The third-order valence-corrected chi connectivity index (χ3v) is 6.62. The van der Waals surface area contributed by atoms with Crippen LogP contribution < -0.4 is 5.56 Å². The van der Waals surface area contributed by atoms with Gasteiger partial charge in [0.25, 0.3) is 0 Å². The minimum Gasteiger partial charge on any atom is -0.396 e. The van der Waals surface area contributed by atoms with Gasteiger partial charge in [-0.1, -0.05) is 11.2 Å². The Kier molecular flexibility index (Phi) is 6.44. The third kappa shape index (κ3) is 4.74. The van der Waals surface area contributed by atoms with Gasteiger partial charge in [0.1, 0.15) is 12.3 Å². The van der Waals surface area contributed by atoms with E-state index in [1.807, 2.05) is 12.1 Å². The zero-order chi connectivity index (χ0) is 24.4. The molecule has 3 aromatic rings. The molecule has 1 spiro atoms. The second-order valence-electron chi connectivity index (χ2n) is 8.83. The van der Waals surface area contributed by atoms with Crippen LogP contribution in [-0.2, 0) is 28.3 Å². The number of oxime groups is 1. The number of ether oxygens (including phenoxy) is 1.